The van der Waals surface area contributed by atoms with E-state index < -0.39 is 0 Å². The summed E-state index contributed by atoms with van der Waals surface area (Å²) < 4.78 is 5.53. The second-order valence-electron chi connectivity index (χ2n) is 5.87. The Kier molecular flexibility index (Phi) is 4.43. The molecule has 0 bridgehead atoms. The average molecular weight is 302 g/mol. The van der Waals surface area contributed by atoms with Crippen LogP contribution >= 0.6 is 0 Å². The van der Waals surface area contributed by atoms with Gasteiger partial charge in [0.25, 0.3) is 5.91 Å². The molecule has 118 valence electrons. The molecule has 3 rings (SSSR count). The number of anilines is 1. The van der Waals surface area contributed by atoms with E-state index in [0.29, 0.717) is 18.7 Å². The van der Waals surface area contributed by atoms with Crippen molar-refractivity contribution in [2.24, 2.45) is 0 Å². The first-order valence-corrected chi connectivity index (χ1v) is 8.04. The quantitative estimate of drug-likeness (QED) is 0.783. The zero-order chi connectivity index (χ0) is 15.5. The van der Waals surface area contributed by atoms with E-state index in [9.17, 15) is 9.59 Å². The fourth-order valence-electron chi connectivity index (χ4n) is 3.14. The van der Waals surface area contributed by atoms with E-state index in [0.717, 1.165) is 38.1 Å². The summed E-state index contributed by atoms with van der Waals surface area (Å²) >= 11 is 0. The van der Waals surface area contributed by atoms with Crippen molar-refractivity contribution < 1.29 is 14.3 Å². The third-order valence-electron chi connectivity index (χ3n) is 4.27. The van der Waals surface area contributed by atoms with Gasteiger partial charge < -0.3 is 4.74 Å². The minimum Gasteiger partial charge on any atom is -0.494 e. The zero-order valence-electron chi connectivity index (χ0n) is 13.0. The number of likely N-dealkylation sites (tertiary alicyclic amines) is 1. The normalized spacial score (nSPS) is 22.6. The van der Waals surface area contributed by atoms with Crippen LogP contribution < -0.4 is 9.64 Å². The third-order valence-corrected chi connectivity index (χ3v) is 4.27. The summed E-state index contributed by atoms with van der Waals surface area (Å²) in [6.07, 6.45) is 3.47. The number of ether oxygens (including phenoxy) is 1. The van der Waals surface area contributed by atoms with E-state index >= 15 is 0 Å². The highest BCUT2D eigenvalue weighted by molar-refractivity contribution is 6.22. The minimum absolute atomic E-state index is 0.0888. The number of benzene rings is 1. The summed E-state index contributed by atoms with van der Waals surface area (Å²) in [5, 5.41) is 0. The molecular weight excluding hydrogens is 280 g/mol. The van der Waals surface area contributed by atoms with Gasteiger partial charge in [-0.15, -0.1) is 0 Å². The fourth-order valence-corrected chi connectivity index (χ4v) is 3.14. The van der Waals surface area contributed by atoms with Gasteiger partial charge in [0.1, 0.15) is 5.75 Å². The number of carbonyl (C=O) groups is 2. The van der Waals surface area contributed by atoms with Crippen molar-refractivity contribution in [2.75, 3.05) is 24.6 Å². The summed E-state index contributed by atoms with van der Waals surface area (Å²) in [5.41, 5.74) is 0.639. The Bertz CT molecular complexity index is 550. The molecule has 0 radical (unpaired) electrons. The van der Waals surface area contributed by atoms with Crippen LogP contribution in [-0.2, 0) is 9.59 Å². The molecule has 1 atom stereocenters. The van der Waals surface area contributed by atoms with Crippen LogP contribution in [0.5, 0.6) is 5.75 Å². The van der Waals surface area contributed by atoms with Crippen LogP contribution in [0.25, 0.3) is 0 Å². The lowest BCUT2D eigenvalue weighted by Gasteiger charge is -2.21. The minimum atomic E-state index is -0.272. The summed E-state index contributed by atoms with van der Waals surface area (Å²) in [7, 11) is 0. The maximum absolute atomic E-state index is 12.6. The number of carbonyl (C=O) groups excluding carboxylic acids is 2. The second kappa shape index (κ2) is 6.48. The molecule has 0 N–H and O–H groups in total. The lowest BCUT2D eigenvalue weighted by molar-refractivity contribution is -0.122. The van der Waals surface area contributed by atoms with Crippen LogP contribution in [0.4, 0.5) is 5.69 Å². The molecule has 1 aromatic rings. The third kappa shape index (κ3) is 2.86. The van der Waals surface area contributed by atoms with Crippen LogP contribution in [0, 0.1) is 0 Å². The van der Waals surface area contributed by atoms with Gasteiger partial charge in [-0.1, -0.05) is 6.92 Å². The lowest BCUT2D eigenvalue weighted by atomic mass is 10.2. The Balaban J connectivity index is 1.73. The van der Waals surface area contributed by atoms with Crippen LogP contribution in [0.15, 0.2) is 24.3 Å². The zero-order valence-corrected chi connectivity index (χ0v) is 13.0. The molecule has 2 amide bonds. The van der Waals surface area contributed by atoms with Crippen molar-refractivity contribution in [3.05, 3.63) is 24.3 Å². The number of amides is 2. The highest BCUT2D eigenvalue weighted by atomic mass is 16.5. The summed E-state index contributed by atoms with van der Waals surface area (Å²) in [6, 6.07) is 6.93. The number of nitrogens with zero attached hydrogens (tertiary/aromatic N) is 2. The molecule has 0 aromatic heterocycles. The standard InChI is InChI=1S/C17H22N2O3/c1-2-11-22-14-7-5-13(6-8-14)19-16(20)12-15(17(19)21)18-9-3-4-10-18/h5-8,15H,2-4,9-12H2,1H3. The summed E-state index contributed by atoms with van der Waals surface area (Å²) in [5.74, 6) is 0.569. The van der Waals surface area contributed by atoms with Crippen molar-refractivity contribution in [2.45, 2.75) is 38.6 Å². The lowest BCUT2D eigenvalue weighted by Crippen LogP contribution is -2.40. The number of hydrogen-bond donors (Lipinski definition) is 0. The highest BCUT2D eigenvalue weighted by Crippen LogP contribution is 2.28. The molecule has 2 saturated heterocycles. The van der Waals surface area contributed by atoms with Gasteiger partial charge >= 0.3 is 0 Å². The molecule has 5 nitrogen and oxygen atoms in total. The van der Waals surface area contributed by atoms with Crippen molar-refractivity contribution in [3.8, 4) is 5.75 Å². The molecule has 2 aliphatic rings. The molecule has 2 aliphatic heterocycles. The molecule has 0 aliphatic carbocycles. The highest BCUT2D eigenvalue weighted by Gasteiger charge is 2.43. The molecule has 2 fully saturated rings. The van der Waals surface area contributed by atoms with Crippen LogP contribution in [0.3, 0.4) is 0 Å². The molecule has 2 heterocycles. The Morgan fingerprint density at radius 3 is 2.45 bits per heavy atom. The summed E-state index contributed by atoms with van der Waals surface area (Å²) in [6.45, 7) is 4.55. The van der Waals surface area contributed by atoms with Gasteiger partial charge in [-0.3, -0.25) is 14.5 Å². The van der Waals surface area contributed by atoms with E-state index in [4.69, 9.17) is 4.74 Å². The second-order valence-corrected chi connectivity index (χ2v) is 5.87. The van der Waals surface area contributed by atoms with Gasteiger partial charge in [0.15, 0.2) is 0 Å². The Morgan fingerprint density at radius 1 is 1.14 bits per heavy atom. The maximum Gasteiger partial charge on any atom is 0.251 e. The topological polar surface area (TPSA) is 49.9 Å². The van der Waals surface area contributed by atoms with Crippen molar-refractivity contribution in [1.29, 1.82) is 0 Å². The van der Waals surface area contributed by atoms with Gasteiger partial charge in [-0.2, -0.15) is 0 Å². The molecule has 1 unspecified atom stereocenters. The van der Waals surface area contributed by atoms with Gasteiger partial charge in [-0.25, -0.2) is 4.90 Å². The van der Waals surface area contributed by atoms with Crippen molar-refractivity contribution in [3.63, 3.8) is 0 Å². The van der Waals surface area contributed by atoms with Crippen molar-refractivity contribution >= 4 is 17.5 Å². The van der Waals surface area contributed by atoms with Gasteiger partial charge in [-0.05, 0) is 56.6 Å². The number of imide groups is 1. The van der Waals surface area contributed by atoms with Crippen molar-refractivity contribution in [1.82, 2.24) is 4.90 Å². The SMILES string of the molecule is CCCOc1ccc(N2C(=O)CC(N3CCCC3)C2=O)cc1. The predicted molar refractivity (Wildman–Crippen MR) is 83.9 cm³/mol. The number of rotatable bonds is 5. The smallest absolute Gasteiger partial charge is 0.251 e. The van der Waals surface area contributed by atoms with E-state index in [1.54, 1.807) is 12.1 Å². The largest absolute Gasteiger partial charge is 0.494 e. The van der Waals surface area contributed by atoms with E-state index in [1.807, 2.05) is 12.1 Å². The molecule has 0 spiro atoms. The van der Waals surface area contributed by atoms with Crippen LogP contribution in [0.2, 0.25) is 0 Å². The molecule has 0 saturated carbocycles. The molecule has 22 heavy (non-hydrogen) atoms. The van der Waals surface area contributed by atoms with Crippen LogP contribution in [-0.4, -0.2) is 42.5 Å². The first-order chi connectivity index (χ1) is 10.7. The first kappa shape index (κ1) is 15.0. The Hall–Kier alpha value is -1.88. The van der Waals surface area contributed by atoms with Gasteiger partial charge in [0, 0.05) is 0 Å². The Labute approximate surface area is 130 Å². The summed E-state index contributed by atoms with van der Waals surface area (Å²) in [4.78, 5) is 28.3. The first-order valence-electron chi connectivity index (χ1n) is 8.04. The average Bonchev–Trinajstić information content (AvgIpc) is 3.14. The number of hydrogen-bond acceptors (Lipinski definition) is 4. The Morgan fingerprint density at radius 2 is 1.82 bits per heavy atom. The monoisotopic (exact) mass is 302 g/mol. The molecule has 1 aromatic carbocycles. The van der Waals surface area contributed by atoms with E-state index in [1.165, 1.54) is 4.90 Å². The molecule has 5 heteroatoms. The fraction of sp³-hybridized carbons (Fsp3) is 0.529. The van der Waals surface area contributed by atoms with E-state index in [-0.39, 0.29) is 17.9 Å². The maximum atomic E-state index is 12.6. The van der Waals surface area contributed by atoms with E-state index in [2.05, 4.69) is 11.8 Å². The molecular formula is C17H22N2O3. The van der Waals surface area contributed by atoms with Gasteiger partial charge in [0.2, 0.25) is 5.91 Å². The van der Waals surface area contributed by atoms with Gasteiger partial charge in [0.05, 0.1) is 24.8 Å². The van der Waals surface area contributed by atoms with Crippen LogP contribution in [0.1, 0.15) is 32.6 Å². The predicted octanol–water partition coefficient (Wildman–Crippen LogP) is 2.20.